The van der Waals surface area contributed by atoms with E-state index in [2.05, 4.69) is 9.97 Å². The van der Waals surface area contributed by atoms with Gasteiger partial charge in [0.2, 0.25) is 0 Å². The number of aryl methyl sites for hydroxylation is 1. The second-order valence-corrected chi connectivity index (χ2v) is 5.57. The second-order valence-electron chi connectivity index (χ2n) is 5.57. The molecule has 2 aromatic heterocycles. The third-order valence-electron chi connectivity index (χ3n) is 4.19. The van der Waals surface area contributed by atoms with E-state index in [1.54, 1.807) is 18.4 Å². The summed E-state index contributed by atoms with van der Waals surface area (Å²) >= 11 is 0. The number of furan rings is 1. The Labute approximate surface area is 128 Å². The zero-order valence-corrected chi connectivity index (χ0v) is 12.6. The second kappa shape index (κ2) is 6.44. The van der Waals surface area contributed by atoms with Gasteiger partial charge in [-0.15, -0.1) is 0 Å². The van der Waals surface area contributed by atoms with Gasteiger partial charge in [0.05, 0.1) is 12.0 Å². The van der Waals surface area contributed by atoms with E-state index in [0.717, 1.165) is 19.4 Å². The molecule has 5 nitrogen and oxygen atoms in total. The van der Waals surface area contributed by atoms with Crippen molar-refractivity contribution in [2.75, 3.05) is 11.4 Å². The number of aromatic nitrogens is 2. The van der Waals surface area contributed by atoms with E-state index in [1.807, 2.05) is 11.8 Å². The van der Waals surface area contributed by atoms with E-state index < -0.39 is 6.10 Å². The van der Waals surface area contributed by atoms with Crippen LogP contribution in [0, 0.1) is 5.82 Å². The van der Waals surface area contributed by atoms with Gasteiger partial charge in [-0.3, -0.25) is 0 Å². The van der Waals surface area contributed by atoms with Gasteiger partial charge in [0.1, 0.15) is 18.2 Å². The first kappa shape index (κ1) is 15.0. The molecule has 0 saturated carbocycles. The standard InChI is InChI=1S/C16H20FN3O2/c1-2-12-15(17)16(19-10-18-12)20-7-3-5-11(20)9-13(21)14-6-4-8-22-14/h4,6,8,10-11,13,21H,2-3,5,7,9H2,1H3. The first-order chi connectivity index (χ1) is 10.7. The zero-order valence-electron chi connectivity index (χ0n) is 12.6. The van der Waals surface area contributed by atoms with E-state index in [-0.39, 0.29) is 11.9 Å². The minimum atomic E-state index is -0.684. The van der Waals surface area contributed by atoms with E-state index in [0.29, 0.717) is 30.1 Å². The van der Waals surface area contributed by atoms with Crippen molar-refractivity contribution < 1.29 is 13.9 Å². The lowest BCUT2D eigenvalue weighted by Crippen LogP contribution is -2.32. The third-order valence-corrected chi connectivity index (χ3v) is 4.19. The van der Waals surface area contributed by atoms with Crippen molar-refractivity contribution in [1.29, 1.82) is 0 Å². The average Bonchev–Trinajstić information content (AvgIpc) is 3.19. The molecule has 0 spiro atoms. The molecule has 0 radical (unpaired) electrons. The highest BCUT2D eigenvalue weighted by molar-refractivity contribution is 5.43. The minimum Gasteiger partial charge on any atom is -0.467 e. The average molecular weight is 305 g/mol. The van der Waals surface area contributed by atoms with Crippen LogP contribution in [0.4, 0.5) is 10.2 Å². The zero-order chi connectivity index (χ0) is 15.5. The molecule has 6 heteroatoms. The Morgan fingerprint density at radius 3 is 3.09 bits per heavy atom. The van der Waals surface area contributed by atoms with Crippen LogP contribution in [0.3, 0.4) is 0 Å². The van der Waals surface area contributed by atoms with Crippen LogP contribution in [0.1, 0.15) is 43.7 Å². The van der Waals surface area contributed by atoms with Crippen LogP contribution >= 0.6 is 0 Å². The maximum Gasteiger partial charge on any atom is 0.187 e. The highest BCUT2D eigenvalue weighted by Gasteiger charge is 2.31. The van der Waals surface area contributed by atoms with Crippen LogP contribution in [0.15, 0.2) is 29.1 Å². The van der Waals surface area contributed by atoms with E-state index in [9.17, 15) is 9.50 Å². The normalized spacial score (nSPS) is 19.6. The van der Waals surface area contributed by atoms with Gasteiger partial charge in [-0.25, -0.2) is 14.4 Å². The van der Waals surface area contributed by atoms with Crippen molar-refractivity contribution >= 4 is 5.82 Å². The molecule has 1 N–H and O–H groups in total. The van der Waals surface area contributed by atoms with Gasteiger partial charge in [0.25, 0.3) is 0 Å². The number of aliphatic hydroxyl groups excluding tert-OH is 1. The fourth-order valence-corrected chi connectivity index (χ4v) is 3.06. The molecule has 1 fully saturated rings. The maximum absolute atomic E-state index is 14.5. The molecule has 1 aliphatic rings. The summed E-state index contributed by atoms with van der Waals surface area (Å²) in [5.41, 5.74) is 0.433. The summed E-state index contributed by atoms with van der Waals surface area (Å²) in [5.74, 6) is 0.551. The molecule has 3 heterocycles. The monoisotopic (exact) mass is 305 g/mol. The Morgan fingerprint density at radius 1 is 1.50 bits per heavy atom. The maximum atomic E-state index is 14.5. The summed E-state index contributed by atoms with van der Waals surface area (Å²) in [6.07, 6.45) is 5.17. The van der Waals surface area contributed by atoms with Gasteiger partial charge in [-0.05, 0) is 31.4 Å². The molecule has 1 saturated heterocycles. The quantitative estimate of drug-likeness (QED) is 0.920. The summed E-state index contributed by atoms with van der Waals surface area (Å²) < 4.78 is 19.7. The smallest absolute Gasteiger partial charge is 0.187 e. The molecule has 0 amide bonds. The first-order valence-corrected chi connectivity index (χ1v) is 7.68. The van der Waals surface area contributed by atoms with Gasteiger partial charge in [-0.2, -0.15) is 0 Å². The van der Waals surface area contributed by atoms with Crippen molar-refractivity contribution in [3.8, 4) is 0 Å². The van der Waals surface area contributed by atoms with Gasteiger partial charge in [0.15, 0.2) is 11.6 Å². The van der Waals surface area contributed by atoms with E-state index in [4.69, 9.17) is 4.42 Å². The van der Waals surface area contributed by atoms with Crippen LogP contribution in [0.5, 0.6) is 0 Å². The lowest BCUT2D eigenvalue weighted by Gasteiger charge is -2.27. The molecule has 2 unspecified atom stereocenters. The van der Waals surface area contributed by atoms with Gasteiger partial charge in [0, 0.05) is 19.0 Å². The van der Waals surface area contributed by atoms with Crippen LogP contribution in [0.2, 0.25) is 0 Å². The SMILES string of the molecule is CCc1ncnc(N2CCCC2CC(O)c2ccco2)c1F. The van der Waals surface area contributed by atoms with Crippen molar-refractivity contribution in [3.05, 3.63) is 42.0 Å². The third kappa shape index (κ3) is 2.83. The van der Waals surface area contributed by atoms with Crippen molar-refractivity contribution in [3.63, 3.8) is 0 Å². The lowest BCUT2D eigenvalue weighted by molar-refractivity contribution is 0.132. The van der Waals surface area contributed by atoms with Crippen molar-refractivity contribution in [2.24, 2.45) is 0 Å². The molecule has 0 aliphatic carbocycles. The fourth-order valence-electron chi connectivity index (χ4n) is 3.06. The molecule has 0 bridgehead atoms. The summed E-state index contributed by atoms with van der Waals surface area (Å²) in [4.78, 5) is 10.0. The predicted octanol–water partition coefficient (Wildman–Crippen LogP) is 2.86. The number of anilines is 1. The molecule has 0 aromatic carbocycles. The Hall–Kier alpha value is -1.95. The van der Waals surface area contributed by atoms with Gasteiger partial charge >= 0.3 is 0 Å². The largest absolute Gasteiger partial charge is 0.467 e. The van der Waals surface area contributed by atoms with Gasteiger partial charge < -0.3 is 14.4 Å². The molecule has 2 atom stereocenters. The summed E-state index contributed by atoms with van der Waals surface area (Å²) in [6.45, 7) is 2.62. The van der Waals surface area contributed by atoms with Crippen LogP contribution < -0.4 is 4.90 Å². The highest BCUT2D eigenvalue weighted by atomic mass is 19.1. The summed E-state index contributed by atoms with van der Waals surface area (Å²) in [7, 11) is 0. The minimum absolute atomic E-state index is 0.0502. The number of rotatable bonds is 5. The van der Waals surface area contributed by atoms with E-state index in [1.165, 1.54) is 6.33 Å². The molecule has 22 heavy (non-hydrogen) atoms. The van der Waals surface area contributed by atoms with Crippen molar-refractivity contribution in [2.45, 2.75) is 44.8 Å². The number of nitrogens with zero attached hydrogens (tertiary/aromatic N) is 3. The Balaban J connectivity index is 1.79. The molecule has 3 rings (SSSR count). The molecule has 118 valence electrons. The van der Waals surface area contributed by atoms with Crippen LogP contribution in [0.25, 0.3) is 0 Å². The number of hydrogen-bond acceptors (Lipinski definition) is 5. The Morgan fingerprint density at radius 2 is 2.36 bits per heavy atom. The van der Waals surface area contributed by atoms with Crippen molar-refractivity contribution in [1.82, 2.24) is 9.97 Å². The molecular weight excluding hydrogens is 285 g/mol. The predicted molar refractivity (Wildman–Crippen MR) is 80.0 cm³/mol. The highest BCUT2D eigenvalue weighted by Crippen LogP contribution is 2.32. The first-order valence-electron chi connectivity index (χ1n) is 7.68. The van der Waals surface area contributed by atoms with Crippen LogP contribution in [-0.2, 0) is 6.42 Å². The van der Waals surface area contributed by atoms with E-state index >= 15 is 0 Å². The number of hydrogen-bond donors (Lipinski definition) is 1. The lowest BCUT2D eigenvalue weighted by atomic mass is 10.1. The van der Waals surface area contributed by atoms with Gasteiger partial charge in [-0.1, -0.05) is 6.92 Å². The number of halogens is 1. The molecular formula is C16H20FN3O2. The van der Waals surface area contributed by atoms with Crippen LogP contribution in [-0.4, -0.2) is 27.7 Å². The molecule has 2 aromatic rings. The fraction of sp³-hybridized carbons (Fsp3) is 0.500. The topological polar surface area (TPSA) is 62.4 Å². The Bertz CT molecular complexity index is 618. The molecule has 1 aliphatic heterocycles. The summed E-state index contributed by atoms with van der Waals surface area (Å²) in [6, 6.07) is 3.56. The summed E-state index contributed by atoms with van der Waals surface area (Å²) in [5, 5.41) is 10.3. The Kier molecular flexibility index (Phi) is 4.38. The number of aliphatic hydroxyl groups is 1.